The van der Waals surface area contributed by atoms with E-state index in [9.17, 15) is 9.90 Å². The summed E-state index contributed by atoms with van der Waals surface area (Å²) in [5.41, 5.74) is 3.16. The molecule has 5 nitrogen and oxygen atoms in total. The number of esters is 1. The number of phenolic OH excluding ortho intramolecular Hbond substituents is 1. The summed E-state index contributed by atoms with van der Waals surface area (Å²) in [5.74, 6) is 1.35. The van der Waals surface area contributed by atoms with Gasteiger partial charge < -0.3 is 14.6 Å². The fourth-order valence-corrected chi connectivity index (χ4v) is 7.57. The van der Waals surface area contributed by atoms with Gasteiger partial charge in [0.05, 0.1) is 17.9 Å². The summed E-state index contributed by atoms with van der Waals surface area (Å²) < 4.78 is 13.3. The SMILES string of the molecule is C=C1CC[C@@]2(OC(=O)Cc3ccccc3)[C@H]3Cc4ccc(O)c5c4[C@@]2(CCN3CC2CC2)[C@H]1O5. The molecule has 2 aromatic rings. The Morgan fingerprint density at radius 2 is 2.00 bits per heavy atom. The minimum atomic E-state index is -0.677. The lowest BCUT2D eigenvalue weighted by atomic mass is 9.48. The third-order valence-corrected chi connectivity index (χ3v) is 9.16. The molecule has 1 saturated heterocycles. The summed E-state index contributed by atoms with van der Waals surface area (Å²) in [5, 5.41) is 10.8. The molecule has 1 N–H and O–H groups in total. The number of nitrogens with zero attached hydrogens (tertiary/aromatic N) is 1. The second-order valence-electron chi connectivity index (χ2n) is 11.0. The molecule has 1 spiro atoms. The third kappa shape index (κ3) is 2.68. The van der Waals surface area contributed by atoms with Gasteiger partial charge in [0.1, 0.15) is 11.7 Å². The predicted molar refractivity (Wildman–Crippen MR) is 128 cm³/mol. The van der Waals surface area contributed by atoms with Crippen molar-refractivity contribution in [3.8, 4) is 11.5 Å². The first-order valence-corrected chi connectivity index (χ1v) is 12.7. The monoisotopic (exact) mass is 457 g/mol. The zero-order valence-electron chi connectivity index (χ0n) is 19.5. The van der Waals surface area contributed by atoms with E-state index in [1.807, 2.05) is 30.3 Å². The summed E-state index contributed by atoms with van der Waals surface area (Å²) in [4.78, 5) is 16.1. The highest BCUT2D eigenvalue weighted by Gasteiger charge is 2.74. The Balaban J connectivity index is 1.37. The number of ether oxygens (including phenoxy) is 2. The highest BCUT2D eigenvalue weighted by molar-refractivity contribution is 5.74. The maximum Gasteiger partial charge on any atom is 0.310 e. The average molecular weight is 458 g/mol. The fourth-order valence-electron chi connectivity index (χ4n) is 7.57. The Kier molecular flexibility index (Phi) is 4.30. The van der Waals surface area contributed by atoms with Crippen LogP contribution in [0.5, 0.6) is 11.5 Å². The number of aromatic hydroxyl groups is 1. The molecule has 5 aliphatic rings. The van der Waals surface area contributed by atoms with Crippen LogP contribution >= 0.6 is 0 Å². The molecule has 7 rings (SSSR count). The van der Waals surface area contributed by atoms with E-state index in [1.165, 1.54) is 18.4 Å². The molecule has 34 heavy (non-hydrogen) atoms. The van der Waals surface area contributed by atoms with Gasteiger partial charge in [0.2, 0.25) is 0 Å². The topological polar surface area (TPSA) is 59.0 Å². The van der Waals surface area contributed by atoms with Crippen molar-refractivity contribution in [1.29, 1.82) is 0 Å². The van der Waals surface area contributed by atoms with Crippen LogP contribution in [0, 0.1) is 5.92 Å². The van der Waals surface area contributed by atoms with E-state index in [4.69, 9.17) is 9.47 Å². The number of carbonyl (C=O) groups excluding carboxylic acids is 1. The minimum absolute atomic E-state index is 0.115. The molecule has 3 aliphatic carbocycles. The molecule has 2 heterocycles. The molecule has 2 saturated carbocycles. The van der Waals surface area contributed by atoms with Crippen molar-refractivity contribution in [3.05, 3.63) is 71.3 Å². The lowest BCUT2D eigenvalue weighted by Gasteiger charge is -2.64. The van der Waals surface area contributed by atoms with E-state index in [0.717, 1.165) is 61.4 Å². The molecular formula is C29H31NO4. The number of hydrogen-bond donors (Lipinski definition) is 1. The number of rotatable bonds is 5. The third-order valence-electron chi connectivity index (χ3n) is 9.16. The van der Waals surface area contributed by atoms with Gasteiger partial charge >= 0.3 is 5.97 Å². The van der Waals surface area contributed by atoms with Gasteiger partial charge in [0.25, 0.3) is 0 Å². The van der Waals surface area contributed by atoms with Crippen LogP contribution in [-0.4, -0.2) is 46.8 Å². The molecule has 2 aliphatic heterocycles. The van der Waals surface area contributed by atoms with Gasteiger partial charge in [-0.15, -0.1) is 0 Å². The Morgan fingerprint density at radius 1 is 1.18 bits per heavy atom. The number of piperidine rings is 1. The lowest BCUT2D eigenvalue weighted by Crippen LogP contribution is -2.76. The number of carbonyl (C=O) groups is 1. The molecule has 0 radical (unpaired) electrons. The normalized spacial score (nSPS) is 33.2. The standard InChI is InChI=1S/C29H31NO4/c1-18-11-12-29(34-24(32)15-19-5-3-2-4-6-19)23-16-21-9-10-22(31)26-25(21)28(29,27(18)33-26)13-14-30(23)17-20-7-8-20/h2-6,9-10,20,23,27,31H,1,7-8,11-17H2/t23-,27+,28+,29-/m1/s1. The fraction of sp³-hybridized carbons (Fsp3) is 0.483. The van der Waals surface area contributed by atoms with Crippen LogP contribution in [0.1, 0.15) is 48.8 Å². The van der Waals surface area contributed by atoms with Crippen LogP contribution in [0.4, 0.5) is 0 Å². The second-order valence-corrected chi connectivity index (χ2v) is 11.0. The van der Waals surface area contributed by atoms with E-state index >= 15 is 0 Å². The summed E-state index contributed by atoms with van der Waals surface area (Å²) in [6, 6.07) is 13.8. The van der Waals surface area contributed by atoms with Gasteiger partial charge in [-0.1, -0.05) is 43.0 Å². The molecule has 5 heteroatoms. The van der Waals surface area contributed by atoms with Crippen molar-refractivity contribution in [1.82, 2.24) is 4.90 Å². The van der Waals surface area contributed by atoms with E-state index < -0.39 is 11.0 Å². The molecule has 2 bridgehead atoms. The van der Waals surface area contributed by atoms with E-state index in [2.05, 4.69) is 17.5 Å². The van der Waals surface area contributed by atoms with E-state index in [-0.39, 0.29) is 30.3 Å². The lowest BCUT2D eigenvalue weighted by molar-refractivity contribution is -0.210. The number of hydrogen-bond acceptors (Lipinski definition) is 5. The van der Waals surface area contributed by atoms with E-state index in [1.54, 1.807) is 6.07 Å². The van der Waals surface area contributed by atoms with Gasteiger partial charge in [-0.2, -0.15) is 0 Å². The first-order chi connectivity index (χ1) is 16.5. The zero-order valence-corrected chi connectivity index (χ0v) is 19.5. The van der Waals surface area contributed by atoms with E-state index in [0.29, 0.717) is 5.75 Å². The van der Waals surface area contributed by atoms with Crippen molar-refractivity contribution in [2.75, 3.05) is 13.1 Å². The highest BCUT2D eigenvalue weighted by atomic mass is 16.6. The molecule has 0 aromatic heterocycles. The molecule has 176 valence electrons. The van der Waals surface area contributed by atoms with Crippen molar-refractivity contribution in [3.63, 3.8) is 0 Å². The molecule has 4 atom stereocenters. The average Bonchev–Trinajstić information content (AvgIpc) is 3.57. The van der Waals surface area contributed by atoms with Crippen LogP contribution in [0.2, 0.25) is 0 Å². The Labute approximate surface area is 200 Å². The van der Waals surface area contributed by atoms with Crippen LogP contribution in [-0.2, 0) is 27.8 Å². The molecular weight excluding hydrogens is 426 g/mol. The molecule has 0 amide bonds. The van der Waals surface area contributed by atoms with Crippen LogP contribution < -0.4 is 4.74 Å². The van der Waals surface area contributed by atoms with Crippen molar-refractivity contribution in [2.24, 2.45) is 5.92 Å². The second kappa shape index (κ2) is 7.11. The maximum atomic E-state index is 13.5. The summed E-state index contributed by atoms with van der Waals surface area (Å²) in [6.07, 6.45) is 5.79. The Hall–Kier alpha value is -2.79. The Morgan fingerprint density at radius 3 is 2.79 bits per heavy atom. The number of likely N-dealkylation sites (tertiary alicyclic amines) is 1. The van der Waals surface area contributed by atoms with Gasteiger partial charge in [0.15, 0.2) is 11.5 Å². The van der Waals surface area contributed by atoms with Crippen LogP contribution in [0.25, 0.3) is 0 Å². The first kappa shape index (κ1) is 20.6. The zero-order chi connectivity index (χ0) is 23.1. The molecule has 0 unspecified atom stereocenters. The Bertz CT molecular complexity index is 1190. The van der Waals surface area contributed by atoms with Crippen molar-refractivity contribution < 1.29 is 19.4 Å². The quantitative estimate of drug-likeness (QED) is 0.536. The minimum Gasteiger partial charge on any atom is -0.504 e. The first-order valence-electron chi connectivity index (χ1n) is 12.7. The van der Waals surface area contributed by atoms with Crippen LogP contribution in [0.3, 0.4) is 0 Å². The predicted octanol–water partition coefficient (Wildman–Crippen LogP) is 4.31. The number of phenols is 1. The molecule has 2 aromatic carbocycles. The highest BCUT2D eigenvalue weighted by Crippen LogP contribution is 2.67. The summed E-state index contributed by atoms with van der Waals surface area (Å²) in [6.45, 7) is 6.43. The van der Waals surface area contributed by atoms with Crippen LogP contribution in [0.15, 0.2) is 54.6 Å². The largest absolute Gasteiger partial charge is 0.504 e. The summed E-state index contributed by atoms with van der Waals surface area (Å²) >= 11 is 0. The number of benzene rings is 2. The van der Waals surface area contributed by atoms with Gasteiger partial charge in [-0.25, -0.2) is 0 Å². The van der Waals surface area contributed by atoms with Crippen molar-refractivity contribution >= 4 is 5.97 Å². The van der Waals surface area contributed by atoms with Gasteiger partial charge in [-0.05, 0) is 73.8 Å². The van der Waals surface area contributed by atoms with Gasteiger partial charge in [0, 0.05) is 12.1 Å². The van der Waals surface area contributed by atoms with Crippen molar-refractivity contribution in [2.45, 2.75) is 68.1 Å². The molecule has 3 fully saturated rings. The smallest absolute Gasteiger partial charge is 0.310 e. The summed E-state index contributed by atoms with van der Waals surface area (Å²) in [7, 11) is 0. The van der Waals surface area contributed by atoms with Gasteiger partial charge in [-0.3, -0.25) is 9.69 Å². The maximum absolute atomic E-state index is 13.5.